The Morgan fingerprint density at radius 2 is 1.80 bits per heavy atom. The summed E-state index contributed by atoms with van der Waals surface area (Å²) in [6, 6.07) is 14.1. The zero-order chi connectivity index (χ0) is 11.1. The van der Waals surface area contributed by atoms with Crippen LogP contribution in [0.15, 0.2) is 30.3 Å². The minimum absolute atomic E-state index is 0.794. The van der Waals surface area contributed by atoms with Gasteiger partial charge in [0, 0.05) is 0 Å². The van der Waals surface area contributed by atoms with Gasteiger partial charge in [-0.25, -0.2) is 0 Å². The molecule has 4 heteroatoms. The van der Waals surface area contributed by atoms with E-state index in [1.807, 2.05) is 0 Å². The third-order valence-corrected chi connectivity index (χ3v) is 10.5. The summed E-state index contributed by atoms with van der Waals surface area (Å²) >= 11 is 5.86. The second kappa shape index (κ2) is 6.48. The van der Waals surface area contributed by atoms with Crippen molar-refractivity contribution in [3.05, 3.63) is 35.9 Å². The molecule has 84 valence electrons. The third-order valence-electron chi connectivity index (χ3n) is 3.02. The average molecular weight is 259 g/mol. The van der Waals surface area contributed by atoms with Crippen LogP contribution in [-0.4, -0.2) is 17.4 Å². The Morgan fingerprint density at radius 1 is 1.20 bits per heavy atom. The molecule has 0 unspecified atom stereocenters. The summed E-state index contributed by atoms with van der Waals surface area (Å²) in [7, 11) is -2.35. The minimum Gasteiger partial charge on any atom is -0.448 e. The monoisotopic (exact) mass is 258 g/mol. The second-order valence-corrected chi connectivity index (χ2v) is 9.97. The molecule has 0 aliphatic rings. The van der Waals surface area contributed by atoms with Gasteiger partial charge in [0.1, 0.15) is 0 Å². The van der Waals surface area contributed by atoms with Crippen LogP contribution >= 0.6 is 11.1 Å². The molecule has 15 heavy (non-hydrogen) atoms. The summed E-state index contributed by atoms with van der Waals surface area (Å²) in [5.41, 5.74) is 1.40. The van der Waals surface area contributed by atoms with E-state index < -0.39 is 17.4 Å². The highest BCUT2D eigenvalue weighted by molar-refractivity contribution is 6.95. The molecule has 1 rings (SSSR count). The van der Waals surface area contributed by atoms with Crippen molar-refractivity contribution in [1.82, 2.24) is 0 Å². The Balaban J connectivity index is 2.74. The fourth-order valence-electron chi connectivity index (χ4n) is 1.84. The first-order chi connectivity index (χ1) is 7.26. The molecule has 0 fully saturated rings. The van der Waals surface area contributed by atoms with Crippen molar-refractivity contribution in [2.45, 2.75) is 32.0 Å². The predicted octanol–water partition coefficient (Wildman–Crippen LogP) is 3.01. The van der Waals surface area contributed by atoms with Gasteiger partial charge in [-0.3, -0.25) is 0 Å². The first-order valence-corrected chi connectivity index (χ1v) is 10.7. The molecule has 1 aromatic rings. The number of hydrogen-bond acceptors (Lipinski definition) is 1. The van der Waals surface area contributed by atoms with Gasteiger partial charge in [-0.15, -0.1) is 11.1 Å². The van der Waals surface area contributed by atoms with E-state index in [0.717, 1.165) is 18.1 Å². The van der Waals surface area contributed by atoms with Gasteiger partial charge >= 0.3 is 0 Å². The van der Waals surface area contributed by atoms with E-state index in [1.165, 1.54) is 5.56 Å². The first kappa shape index (κ1) is 13.0. The van der Waals surface area contributed by atoms with Gasteiger partial charge in [0.05, 0.1) is 0 Å². The molecule has 1 nitrogen and oxygen atoms in total. The van der Waals surface area contributed by atoms with Gasteiger partial charge in [0.25, 0.3) is 0 Å². The van der Waals surface area contributed by atoms with E-state index in [-0.39, 0.29) is 0 Å². The summed E-state index contributed by atoms with van der Waals surface area (Å²) in [6.45, 7) is 4.47. The molecular weight excluding hydrogens is 240 g/mol. The third kappa shape index (κ3) is 3.76. The van der Waals surface area contributed by atoms with Crippen molar-refractivity contribution in [1.29, 1.82) is 0 Å². The van der Waals surface area contributed by atoms with Crippen molar-refractivity contribution in [3.8, 4) is 0 Å². The van der Waals surface area contributed by atoms with Crippen LogP contribution in [0, 0.1) is 0 Å². The quantitative estimate of drug-likeness (QED) is 0.563. The van der Waals surface area contributed by atoms with Crippen LogP contribution in [0.3, 0.4) is 0 Å². The zero-order valence-corrected chi connectivity index (χ0v) is 12.7. The molecule has 1 aromatic carbocycles. The molecule has 0 aromatic heterocycles. The van der Waals surface area contributed by atoms with Crippen LogP contribution in [-0.2, 0) is 10.2 Å². The zero-order valence-electron chi connectivity index (χ0n) is 9.50. The summed E-state index contributed by atoms with van der Waals surface area (Å²) in [5.74, 6) is 0. The lowest BCUT2D eigenvalue weighted by Gasteiger charge is -2.29. The minimum atomic E-state index is -1.55. The molecule has 0 spiro atoms. The van der Waals surface area contributed by atoms with E-state index in [4.69, 9.17) is 15.2 Å². The maximum atomic E-state index is 5.98. The van der Waals surface area contributed by atoms with Crippen LogP contribution in [0.2, 0.25) is 12.1 Å². The fraction of sp³-hybridized carbons (Fsp3) is 0.455. The normalized spacial score (nSPS) is 12.5. The molecular formula is C11H19ClOSi2. The van der Waals surface area contributed by atoms with Gasteiger partial charge in [-0.05, 0) is 23.7 Å². The van der Waals surface area contributed by atoms with E-state index in [0.29, 0.717) is 0 Å². The largest absolute Gasteiger partial charge is 0.448 e. The Kier molecular flexibility index (Phi) is 5.60. The molecule has 0 radical (unpaired) electrons. The van der Waals surface area contributed by atoms with Crippen LogP contribution in [0.4, 0.5) is 0 Å². The fourth-order valence-corrected chi connectivity index (χ4v) is 8.87. The predicted molar refractivity (Wildman–Crippen MR) is 72.3 cm³/mol. The summed E-state index contributed by atoms with van der Waals surface area (Å²) in [4.78, 5) is 0. The lowest BCUT2D eigenvalue weighted by atomic mass is 10.2. The SMILES string of the molecule is CC[Si](CC)(Cc1ccccc1)O[SiH2]Cl. The summed E-state index contributed by atoms with van der Waals surface area (Å²) < 4.78 is 5.98. The van der Waals surface area contributed by atoms with E-state index >= 15 is 0 Å². The Hall–Kier alpha value is -0.0962. The summed E-state index contributed by atoms with van der Waals surface area (Å²) in [6.07, 6.45) is 0. The lowest BCUT2D eigenvalue weighted by molar-refractivity contribution is 0.578. The maximum absolute atomic E-state index is 5.98. The Labute approximate surface area is 101 Å². The first-order valence-electron chi connectivity index (χ1n) is 5.50. The van der Waals surface area contributed by atoms with E-state index in [1.54, 1.807) is 0 Å². The average Bonchev–Trinajstić information content (AvgIpc) is 2.30. The van der Waals surface area contributed by atoms with Gasteiger partial charge < -0.3 is 4.12 Å². The number of hydrogen-bond donors (Lipinski definition) is 0. The molecule has 0 aliphatic carbocycles. The number of benzene rings is 1. The molecule has 0 heterocycles. The molecule has 0 saturated carbocycles. The van der Waals surface area contributed by atoms with Crippen LogP contribution in [0.5, 0.6) is 0 Å². The van der Waals surface area contributed by atoms with E-state index in [2.05, 4.69) is 44.2 Å². The Bertz CT molecular complexity index is 275. The number of halogens is 1. The van der Waals surface area contributed by atoms with Gasteiger partial charge in [0.15, 0.2) is 8.32 Å². The van der Waals surface area contributed by atoms with Crippen molar-refractivity contribution in [3.63, 3.8) is 0 Å². The Morgan fingerprint density at radius 3 is 2.27 bits per heavy atom. The molecule has 0 bridgehead atoms. The molecule has 0 saturated heterocycles. The van der Waals surface area contributed by atoms with Gasteiger partial charge in [0.2, 0.25) is 9.07 Å². The molecule has 0 N–H and O–H groups in total. The van der Waals surface area contributed by atoms with Gasteiger partial charge in [-0.2, -0.15) is 0 Å². The van der Waals surface area contributed by atoms with Crippen LogP contribution in [0.1, 0.15) is 19.4 Å². The molecule has 0 amide bonds. The topological polar surface area (TPSA) is 9.23 Å². The number of rotatable bonds is 6. The second-order valence-electron chi connectivity index (χ2n) is 3.81. The van der Waals surface area contributed by atoms with Crippen molar-refractivity contribution < 1.29 is 4.12 Å². The lowest BCUT2D eigenvalue weighted by Crippen LogP contribution is -2.40. The van der Waals surface area contributed by atoms with Gasteiger partial charge in [-0.1, -0.05) is 44.2 Å². The highest BCUT2D eigenvalue weighted by atomic mass is 35.6. The van der Waals surface area contributed by atoms with Crippen molar-refractivity contribution in [2.75, 3.05) is 0 Å². The van der Waals surface area contributed by atoms with Crippen molar-refractivity contribution in [2.24, 2.45) is 0 Å². The van der Waals surface area contributed by atoms with Crippen LogP contribution < -0.4 is 0 Å². The standard InChI is InChI=1S/C11H19ClOSi2/c1-3-15(4-2,13-14-12)10-11-8-6-5-7-9-11/h5-9H,3-4,10,14H2,1-2H3. The maximum Gasteiger partial charge on any atom is 0.247 e. The highest BCUT2D eigenvalue weighted by Gasteiger charge is 2.30. The summed E-state index contributed by atoms with van der Waals surface area (Å²) in [5, 5.41) is 0. The van der Waals surface area contributed by atoms with Crippen LogP contribution in [0.25, 0.3) is 0 Å². The smallest absolute Gasteiger partial charge is 0.247 e. The molecule has 0 atom stereocenters. The van der Waals surface area contributed by atoms with Crippen molar-refractivity contribution >= 4 is 28.5 Å². The highest BCUT2D eigenvalue weighted by Crippen LogP contribution is 2.22. The molecule has 0 aliphatic heterocycles. The van der Waals surface area contributed by atoms with E-state index in [9.17, 15) is 0 Å².